The molecule has 204 valence electrons. The number of rotatable bonds is 9. The highest BCUT2D eigenvalue weighted by Gasteiger charge is 2.36. The van der Waals surface area contributed by atoms with Crippen LogP contribution >= 0.6 is 0 Å². The molecule has 2 aliphatic heterocycles. The van der Waals surface area contributed by atoms with E-state index in [0.29, 0.717) is 30.9 Å². The van der Waals surface area contributed by atoms with Crippen LogP contribution in [0, 0.1) is 16.0 Å². The number of amides is 4. The van der Waals surface area contributed by atoms with Gasteiger partial charge in [0.2, 0.25) is 5.91 Å². The molecule has 12 nitrogen and oxygen atoms in total. The molecule has 2 aliphatic rings. The van der Waals surface area contributed by atoms with Crippen molar-refractivity contribution in [3.05, 3.63) is 69.3 Å². The van der Waals surface area contributed by atoms with Crippen molar-refractivity contribution in [2.45, 2.75) is 32.6 Å². The molecule has 1 saturated heterocycles. The zero-order valence-corrected chi connectivity index (χ0v) is 21.4. The van der Waals surface area contributed by atoms with Crippen molar-refractivity contribution in [2.24, 2.45) is 5.92 Å². The predicted octanol–water partition coefficient (Wildman–Crippen LogP) is 2.56. The zero-order chi connectivity index (χ0) is 28.1. The lowest BCUT2D eigenvalue weighted by molar-refractivity contribution is -0.384. The van der Waals surface area contributed by atoms with E-state index in [0.717, 1.165) is 23.8 Å². The lowest BCUT2D eigenvalue weighted by atomic mass is 9.96. The van der Waals surface area contributed by atoms with Crippen molar-refractivity contribution in [3.63, 3.8) is 0 Å². The third-order valence-electron chi connectivity index (χ3n) is 6.78. The van der Waals surface area contributed by atoms with Gasteiger partial charge in [0, 0.05) is 57.2 Å². The van der Waals surface area contributed by atoms with Crippen LogP contribution in [-0.2, 0) is 9.59 Å². The Hall–Kier alpha value is -4.61. The second-order valence-corrected chi connectivity index (χ2v) is 9.51. The highest BCUT2D eigenvalue weighted by molar-refractivity contribution is 6.21. The number of carbonyl (C=O) groups is 5. The van der Waals surface area contributed by atoms with E-state index in [1.165, 1.54) is 19.1 Å². The van der Waals surface area contributed by atoms with Gasteiger partial charge >= 0.3 is 5.97 Å². The molecule has 1 N–H and O–H groups in total. The molecule has 0 radical (unpaired) electrons. The molecule has 2 aromatic rings. The van der Waals surface area contributed by atoms with E-state index in [4.69, 9.17) is 4.74 Å². The van der Waals surface area contributed by atoms with Gasteiger partial charge in [-0.05, 0) is 49.4 Å². The fraction of sp³-hybridized carbons (Fsp3) is 0.370. The number of benzene rings is 2. The minimum Gasteiger partial charge on any atom is -0.427 e. The average Bonchev–Trinajstić information content (AvgIpc) is 3.16. The Labute approximate surface area is 224 Å². The van der Waals surface area contributed by atoms with Gasteiger partial charge in [-0.25, -0.2) is 0 Å². The monoisotopic (exact) mass is 536 g/mol. The summed E-state index contributed by atoms with van der Waals surface area (Å²) in [5.74, 6) is -1.41. The number of hydrogen-bond acceptors (Lipinski definition) is 8. The number of nitrogens with one attached hydrogen (secondary N) is 1. The van der Waals surface area contributed by atoms with Crippen molar-refractivity contribution in [1.29, 1.82) is 0 Å². The quantitative estimate of drug-likeness (QED) is 0.168. The van der Waals surface area contributed by atoms with Crippen molar-refractivity contribution >= 4 is 35.3 Å². The lowest BCUT2D eigenvalue weighted by Gasteiger charge is -2.32. The number of non-ortho nitro benzene ring substituents is 1. The van der Waals surface area contributed by atoms with Crippen molar-refractivity contribution in [3.8, 4) is 5.75 Å². The molecule has 0 atom stereocenters. The third kappa shape index (κ3) is 6.46. The molecule has 1 fully saturated rings. The van der Waals surface area contributed by atoms with Crippen LogP contribution in [0.2, 0.25) is 0 Å². The van der Waals surface area contributed by atoms with Crippen molar-refractivity contribution < 1.29 is 33.6 Å². The molecule has 0 aliphatic carbocycles. The second-order valence-electron chi connectivity index (χ2n) is 9.51. The molecule has 4 amide bonds. The number of esters is 1. The normalized spacial score (nSPS) is 15.2. The molecule has 0 spiro atoms. The number of ether oxygens (including phenoxy) is 1. The van der Waals surface area contributed by atoms with Gasteiger partial charge in [-0.15, -0.1) is 0 Å². The molecule has 4 rings (SSSR count). The first-order valence-electron chi connectivity index (χ1n) is 12.6. The number of likely N-dealkylation sites (tertiary alicyclic amines) is 1. The average molecular weight is 537 g/mol. The van der Waals surface area contributed by atoms with Crippen LogP contribution in [-0.4, -0.2) is 70.5 Å². The van der Waals surface area contributed by atoms with Crippen LogP contribution in [0.15, 0.2) is 42.5 Å². The maximum atomic E-state index is 12.8. The summed E-state index contributed by atoms with van der Waals surface area (Å²) in [6.07, 6.45) is 1.82. The summed E-state index contributed by atoms with van der Waals surface area (Å²) >= 11 is 0. The number of fused-ring (bicyclic) bond motifs is 1. The Bertz CT molecular complexity index is 1330. The maximum absolute atomic E-state index is 12.8. The minimum absolute atomic E-state index is 0.000532. The molecule has 0 aromatic heterocycles. The van der Waals surface area contributed by atoms with Crippen LogP contribution in [0.1, 0.15) is 63.7 Å². The SMILES string of the molecule is CC(=O)Oc1cccc(C(=O)N2CCC(CNC(=O)CCCN3C(=O)c4ccc([N+](=O)[O-])cc4C3=O)CC2)c1. The summed E-state index contributed by atoms with van der Waals surface area (Å²) in [7, 11) is 0. The zero-order valence-electron chi connectivity index (χ0n) is 21.4. The number of nitro groups is 1. The fourth-order valence-corrected chi connectivity index (χ4v) is 4.72. The van der Waals surface area contributed by atoms with Crippen LogP contribution in [0.3, 0.4) is 0 Å². The largest absolute Gasteiger partial charge is 0.427 e. The summed E-state index contributed by atoms with van der Waals surface area (Å²) in [4.78, 5) is 74.5. The first-order valence-corrected chi connectivity index (χ1v) is 12.6. The van der Waals surface area contributed by atoms with Gasteiger partial charge in [0.1, 0.15) is 5.75 Å². The van der Waals surface area contributed by atoms with E-state index in [2.05, 4.69) is 5.32 Å². The lowest BCUT2D eigenvalue weighted by Crippen LogP contribution is -2.41. The van der Waals surface area contributed by atoms with Gasteiger partial charge in [0.15, 0.2) is 0 Å². The summed E-state index contributed by atoms with van der Waals surface area (Å²) in [5.41, 5.74) is 0.300. The van der Waals surface area contributed by atoms with Crippen LogP contribution in [0.25, 0.3) is 0 Å². The van der Waals surface area contributed by atoms with Gasteiger partial charge in [0.05, 0.1) is 16.1 Å². The van der Waals surface area contributed by atoms with E-state index >= 15 is 0 Å². The van der Waals surface area contributed by atoms with Gasteiger partial charge in [-0.3, -0.25) is 39.0 Å². The summed E-state index contributed by atoms with van der Waals surface area (Å²) in [6, 6.07) is 10.1. The van der Waals surface area contributed by atoms with E-state index < -0.39 is 22.7 Å². The van der Waals surface area contributed by atoms with Gasteiger partial charge in [0.25, 0.3) is 23.4 Å². The van der Waals surface area contributed by atoms with Crippen LogP contribution in [0.4, 0.5) is 5.69 Å². The number of hydrogen-bond donors (Lipinski definition) is 1. The van der Waals surface area contributed by atoms with Crippen molar-refractivity contribution in [2.75, 3.05) is 26.2 Å². The molecular formula is C27H28N4O8. The molecule has 39 heavy (non-hydrogen) atoms. The number of carbonyl (C=O) groups excluding carboxylic acids is 5. The standard InChI is InChI=1S/C27H28N4O8/c1-17(32)39-21-5-2-4-19(14-21)25(34)29-12-9-18(10-13-29)16-28-24(33)6-3-11-30-26(35)22-8-7-20(31(37)38)15-23(22)27(30)36/h2,4-5,7-8,14-15,18H,3,6,9-13,16H2,1H3,(H,28,33). The molecule has 0 saturated carbocycles. The molecular weight excluding hydrogens is 508 g/mol. The van der Waals surface area contributed by atoms with Gasteiger partial charge < -0.3 is 15.0 Å². The second kappa shape index (κ2) is 11.8. The predicted molar refractivity (Wildman–Crippen MR) is 137 cm³/mol. The van der Waals surface area contributed by atoms with E-state index in [1.54, 1.807) is 29.2 Å². The number of piperidine rings is 1. The third-order valence-corrected chi connectivity index (χ3v) is 6.78. The summed E-state index contributed by atoms with van der Waals surface area (Å²) in [5, 5.41) is 13.8. The van der Waals surface area contributed by atoms with E-state index in [-0.39, 0.29) is 53.9 Å². The van der Waals surface area contributed by atoms with Crippen LogP contribution < -0.4 is 10.1 Å². The summed E-state index contributed by atoms with van der Waals surface area (Å²) in [6.45, 7) is 2.86. The molecule has 0 bridgehead atoms. The minimum atomic E-state index is -0.626. The van der Waals surface area contributed by atoms with Gasteiger partial charge in [-0.1, -0.05) is 6.07 Å². The Kier molecular flexibility index (Phi) is 8.33. The Balaban J connectivity index is 1.18. The fourth-order valence-electron chi connectivity index (χ4n) is 4.72. The molecule has 2 aromatic carbocycles. The van der Waals surface area contributed by atoms with E-state index in [9.17, 15) is 34.1 Å². The Morgan fingerprint density at radius 1 is 1.05 bits per heavy atom. The van der Waals surface area contributed by atoms with E-state index in [1.807, 2.05) is 0 Å². The highest BCUT2D eigenvalue weighted by atomic mass is 16.6. The number of imide groups is 1. The smallest absolute Gasteiger partial charge is 0.308 e. The first-order chi connectivity index (χ1) is 18.6. The molecule has 2 heterocycles. The summed E-state index contributed by atoms with van der Waals surface area (Å²) < 4.78 is 5.05. The maximum Gasteiger partial charge on any atom is 0.308 e. The first kappa shape index (κ1) is 27.4. The topological polar surface area (TPSA) is 156 Å². The van der Waals surface area contributed by atoms with Gasteiger partial charge in [-0.2, -0.15) is 0 Å². The highest BCUT2D eigenvalue weighted by Crippen LogP contribution is 2.27. The number of nitro benzene ring substituents is 1. The molecule has 0 unspecified atom stereocenters. The molecule has 12 heteroatoms. The Morgan fingerprint density at radius 3 is 2.46 bits per heavy atom. The Morgan fingerprint density at radius 2 is 1.77 bits per heavy atom. The van der Waals surface area contributed by atoms with Crippen LogP contribution in [0.5, 0.6) is 5.75 Å². The number of nitrogens with zero attached hydrogens (tertiary/aromatic N) is 3. The van der Waals surface area contributed by atoms with Crippen molar-refractivity contribution in [1.82, 2.24) is 15.1 Å².